The van der Waals surface area contributed by atoms with Gasteiger partial charge in [-0.1, -0.05) is 36.4 Å². The number of benzene rings is 2. The van der Waals surface area contributed by atoms with Crippen molar-refractivity contribution in [2.45, 2.75) is 12.8 Å². The molecule has 1 aliphatic heterocycles. The molecule has 0 saturated heterocycles. The smallest absolute Gasteiger partial charge is 0.0415 e. The molecular weight excluding hydrogens is 194 g/mol. The monoisotopic (exact) mass is 207 g/mol. The molecule has 2 aromatic rings. The standard InChI is InChI=1S/C15H13N/c1-2-4-12-11(3-1)9-14-13(12)6-5-10-7-8-16-15(10)14/h1-6,16H,7-9H2. The Balaban J connectivity index is 2.01. The minimum absolute atomic E-state index is 1.10. The van der Waals surface area contributed by atoms with Crippen molar-refractivity contribution >= 4 is 5.69 Å². The molecule has 0 spiro atoms. The molecule has 4 rings (SSSR count). The second-order valence-electron chi connectivity index (χ2n) is 4.64. The zero-order valence-electron chi connectivity index (χ0n) is 9.09. The molecule has 2 aliphatic rings. The van der Waals surface area contributed by atoms with Crippen molar-refractivity contribution in [2.24, 2.45) is 0 Å². The zero-order chi connectivity index (χ0) is 10.5. The predicted octanol–water partition coefficient (Wildman–Crippen LogP) is 3.23. The Morgan fingerprint density at radius 3 is 2.81 bits per heavy atom. The Morgan fingerprint density at radius 1 is 0.875 bits per heavy atom. The summed E-state index contributed by atoms with van der Waals surface area (Å²) in [5.41, 5.74) is 8.74. The highest BCUT2D eigenvalue weighted by molar-refractivity contribution is 5.84. The molecule has 1 aliphatic carbocycles. The van der Waals surface area contributed by atoms with Crippen LogP contribution < -0.4 is 5.32 Å². The van der Waals surface area contributed by atoms with E-state index >= 15 is 0 Å². The average Bonchev–Trinajstić information content (AvgIpc) is 2.92. The third-order valence-corrected chi connectivity index (χ3v) is 3.77. The number of hydrogen-bond acceptors (Lipinski definition) is 1. The molecule has 0 amide bonds. The molecular formula is C15H13N. The summed E-state index contributed by atoms with van der Waals surface area (Å²) in [6.07, 6.45) is 2.28. The van der Waals surface area contributed by atoms with Gasteiger partial charge in [0.15, 0.2) is 0 Å². The topological polar surface area (TPSA) is 12.0 Å². The van der Waals surface area contributed by atoms with E-state index in [-0.39, 0.29) is 0 Å². The lowest BCUT2D eigenvalue weighted by Crippen LogP contribution is -1.94. The Morgan fingerprint density at radius 2 is 1.81 bits per heavy atom. The van der Waals surface area contributed by atoms with Crippen LogP contribution in [-0.4, -0.2) is 6.54 Å². The number of rotatable bonds is 0. The van der Waals surface area contributed by atoms with Gasteiger partial charge in [-0.25, -0.2) is 0 Å². The lowest BCUT2D eigenvalue weighted by molar-refractivity contribution is 1.11. The number of fused-ring (bicyclic) bond motifs is 5. The minimum atomic E-state index is 1.10. The molecule has 1 N–H and O–H groups in total. The molecule has 0 aromatic heterocycles. The predicted molar refractivity (Wildman–Crippen MR) is 66.9 cm³/mol. The van der Waals surface area contributed by atoms with Crippen LogP contribution in [0, 0.1) is 0 Å². The normalized spacial score (nSPS) is 15.2. The molecule has 2 aromatic carbocycles. The molecule has 1 heterocycles. The molecule has 0 radical (unpaired) electrons. The van der Waals surface area contributed by atoms with Crippen LogP contribution in [-0.2, 0) is 12.8 Å². The SMILES string of the molecule is c1ccc2c(c1)Cc1c-2ccc2c1NCC2. The third kappa shape index (κ3) is 0.955. The molecule has 16 heavy (non-hydrogen) atoms. The summed E-state index contributed by atoms with van der Waals surface area (Å²) >= 11 is 0. The van der Waals surface area contributed by atoms with E-state index in [2.05, 4.69) is 41.7 Å². The molecule has 1 nitrogen and oxygen atoms in total. The first-order valence-electron chi connectivity index (χ1n) is 5.90. The van der Waals surface area contributed by atoms with Crippen molar-refractivity contribution < 1.29 is 0 Å². The van der Waals surface area contributed by atoms with Gasteiger partial charge in [0.1, 0.15) is 0 Å². The molecule has 0 bridgehead atoms. The molecule has 0 unspecified atom stereocenters. The second kappa shape index (κ2) is 2.88. The van der Waals surface area contributed by atoms with Gasteiger partial charge in [0.25, 0.3) is 0 Å². The highest BCUT2D eigenvalue weighted by atomic mass is 14.9. The second-order valence-corrected chi connectivity index (χ2v) is 4.64. The van der Waals surface area contributed by atoms with Crippen molar-refractivity contribution in [3.8, 4) is 11.1 Å². The van der Waals surface area contributed by atoms with Gasteiger partial charge in [-0.15, -0.1) is 0 Å². The summed E-state index contributed by atoms with van der Waals surface area (Å²) in [7, 11) is 0. The van der Waals surface area contributed by atoms with E-state index in [0.29, 0.717) is 0 Å². The molecule has 0 atom stereocenters. The highest BCUT2D eigenvalue weighted by Crippen LogP contribution is 2.42. The van der Waals surface area contributed by atoms with E-state index in [1.54, 1.807) is 0 Å². The van der Waals surface area contributed by atoms with Crippen molar-refractivity contribution in [1.29, 1.82) is 0 Å². The maximum Gasteiger partial charge on any atom is 0.0415 e. The number of nitrogens with one attached hydrogen (secondary N) is 1. The molecule has 0 saturated carbocycles. The van der Waals surface area contributed by atoms with Crippen molar-refractivity contribution in [3.05, 3.63) is 53.1 Å². The summed E-state index contributed by atoms with van der Waals surface area (Å²) in [5, 5.41) is 3.54. The summed E-state index contributed by atoms with van der Waals surface area (Å²) in [5.74, 6) is 0. The van der Waals surface area contributed by atoms with Gasteiger partial charge in [-0.2, -0.15) is 0 Å². The zero-order valence-corrected chi connectivity index (χ0v) is 9.09. The van der Waals surface area contributed by atoms with E-state index in [9.17, 15) is 0 Å². The van der Waals surface area contributed by atoms with Crippen molar-refractivity contribution in [3.63, 3.8) is 0 Å². The number of hydrogen-bond donors (Lipinski definition) is 1. The summed E-state index contributed by atoms with van der Waals surface area (Å²) < 4.78 is 0. The lowest BCUT2D eigenvalue weighted by Gasteiger charge is -2.07. The van der Waals surface area contributed by atoms with E-state index in [0.717, 1.165) is 13.0 Å². The van der Waals surface area contributed by atoms with Crippen LogP contribution in [0.4, 0.5) is 5.69 Å². The minimum Gasteiger partial charge on any atom is -0.384 e. The van der Waals surface area contributed by atoms with Gasteiger partial charge < -0.3 is 5.32 Å². The first-order valence-corrected chi connectivity index (χ1v) is 5.90. The van der Waals surface area contributed by atoms with Crippen LogP contribution in [0.15, 0.2) is 36.4 Å². The maximum atomic E-state index is 3.54. The first-order chi connectivity index (χ1) is 7.93. The lowest BCUT2D eigenvalue weighted by atomic mass is 10.0. The Hall–Kier alpha value is -1.76. The van der Waals surface area contributed by atoms with Crippen molar-refractivity contribution in [1.82, 2.24) is 0 Å². The van der Waals surface area contributed by atoms with E-state index < -0.39 is 0 Å². The average molecular weight is 207 g/mol. The van der Waals surface area contributed by atoms with Gasteiger partial charge in [-0.3, -0.25) is 0 Å². The van der Waals surface area contributed by atoms with Gasteiger partial charge in [0.05, 0.1) is 0 Å². The van der Waals surface area contributed by atoms with Crippen LogP contribution in [0.25, 0.3) is 11.1 Å². The van der Waals surface area contributed by atoms with Crippen LogP contribution in [0.1, 0.15) is 16.7 Å². The Bertz CT molecular complexity index is 584. The van der Waals surface area contributed by atoms with Gasteiger partial charge in [-0.05, 0) is 34.2 Å². The van der Waals surface area contributed by atoms with E-state index in [1.807, 2.05) is 0 Å². The van der Waals surface area contributed by atoms with E-state index in [1.165, 1.54) is 39.9 Å². The van der Waals surface area contributed by atoms with Gasteiger partial charge in [0.2, 0.25) is 0 Å². The van der Waals surface area contributed by atoms with Gasteiger partial charge in [0, 0.05) is 18.7 Å². The van der Waals surface area contributed by atoms with Crippen LogP contribution in [0.5, 0.6) is 0 Å². The quantitative estimate of drug-likeness (QED) is 0.596. The van der Waals surface area contributed by atoms with Crippen LogP contribution in [0.3, 0.4) is 0 Å². The fourth-order valence-corrected chi connectivity index (χ4v) is 3.01. The molecule has 78 valence electrons. The first kappa shape index (κ1) is 8.40. The largest absolute Gasteiger partial charge is 0.384 e. The van der Waals surface area contributed by atoms with Crippen LogP contribution >= 0.6 is 0 Å². The Labute approximate surface area is 95.1 Å². The van der Waals surface area contributed by atoms with Gasteiger partial charge >= 0.3 is 0 Å². The molecule has 0 fully saturated rings. The molecule has 1 heteroatoms. The fraction of sp³-hybridized carbons (Fsp3) is 0.200. The summed E-state index contributed by atoms with van der Waals surface area (Å²) in [6, 6.07) is 13.3. The highest BCUT2D eigenvalue weighted by Gasteiger charge is 2.24. The summed E-state index contributed by atoms with van der Waals surface area (Å²) in [4.78, 5) is 0. The Kier molecular flexibility index (Phi) is 1.51. The summed E-state index contributed by atoms with van der Waals surface area (Å²) in [6.45, 7) is 1.10. The van der Waals surface area contributed by atoms with Crippen molar-refractivity contribution in [2.75, 3.05) is 11.9 Å². The fourth-order valence-electron chi connectivity index (χ4n) is 3.01. The maximum absolute atomic E-state index is 3.54. The number of anilines is 1. The van der Waals surface area contributed by atoms with E-state index in [4.69, 9.17) is 0 Å². The van der Waals surface area contributed by atoms with Crippen LogP contribution in [0.2, 0.25) is 0 Å². The third-order valence-electron chi connectivity index (χ3n) is 3.77.